The van der Waals surface area contributed by atoms with Crippen LogP contribution in [0.2, 0.25) is 0 Å². The summed E-state index contributed by atoms with van der Waals surface area (Å²) in [4.78, 5) is 22.8. The largest absolute Gasteiger partial charge is 0.477 e. The van der Waals surface area contributed by atoms with E-state index in [2.05, 4.69) is 15.5 Å². The van der Waals surface area contributed by atoms with Crippen LogP contribution in [-0.2, 0) is 4.79 Å². The van der Waals surface area contributed by atoms with Gasteiger partial charge in [-0.25, -0.2) is 0 Å². The molecule has 32 heavy (non-hydrogen) atoms. The second-order valence-corrected chi connectivity index (χ2v) is 6.92. The number of ether oxygens (including phenoxy) is 1. The molecule has 1 N–H and O–H groups in total. The number of rotatable bonds is 7. The Balaban J connectivity index is 1.38. The van der Waals surface area contributed by atoms with E-state index in [0.717, 1.165) is 11.1 Å². The molecule has 4 rings (SSSR count). The van der Waals surface area contributed by atoms with Gasteiger partial charge >= 0.3 is 5.69 Å². The van der Waals surface area contributed by atoms with E-state index in [-0.39, 0.29) is 18.0 Å². The zero-order valence-electron chi connectivity index (χ0n) is 17.0. The third-order valence-electron chi connectivity index (χ3n) is 4.53. The van der Waals surface area contributed by atoms with Gasteiger partial charge < -0.3 is 14.5 Å². The van der Waals surface area contributed by atoms with Gasteiger partial charge in [0.2, 0.25) is 11.8 Å². The van der Waals surface area contributed by atoms with E-state index in [9.17, 15) is 14.9 Å². The lowest BCUT2D eigenvalue weighted by molar-refractivity contribution is -0.385. The number of nitrogens with zero attached hydrogens (tertiary/aromatic N) is 3. The van der Waals surface area contributed by atoms with Gasteiger partial charge in [0.25, 0.3) is 5.91 Å². The number of carbonyl (C=O) groups is 1. The maximum absolute atomic E-state index is 12.2. The van der Waals surface area contributed by atoms with Gasteiger partial charge in [0.15, 0.2) is 12.4 Å². The Kier molecular flexibility index (Phi) is 5.89. The monoisotopic (exact) mass is 430 g/mol. The highest BCUT2D eigenvalue weighted by molar-refractivity contribution is 5.92. The fourth-order valence-electron chi connectivity index (χ4n) is 2.97. The molecule has 160 valence electrons. The number of nitrogens with one attached hydrogen (secondary N) is 1. The molecule has 0 saturated heterocycles. The molecule has 3 aromatic carbocycles. The zero-order valence-corrected chi connectivity index (χ0v) is 17.0. The molecule has 0 aliphatic rings. The summed E-state index contributed by atoms with van der Waals surface area (Å²) in [6.45, 7) is 1.37. The lowest BCUT2D eigenvalue weighted by Gasteiger charge is -2.08. The number of carbonyl (C=O) groups excluding carboxylic acids is 1. The topological polar surface area (TPSA) is 120 Å². The van der Waals surface area contributed by atoms with Crippen molar-refractivity contribution < 1.29 is 18.9 Å². The molecule has 9 nitrogen and oxygen atoms in total. The summed E-state index contributed by atoms with van der Waals surface area (Å²) in [5.41, 5.74) is 2.60. The molecule has 9 heteroatoms. The van der Waals surface area contributed by atoms with Crippen molar-refractivity contribution in [2.75, 3.05) is 11.9 Å². The van der Waals surface area contributed by atoms with Crippen molar-refractivity contribution >= 4 is 17.3 Å². The maximum atomic E-state index is 12.2. The molecule has 1 aromatic heterocycles. The smallest absolute Gasteiger partial charge is 0.311 e. The molecule has 4 aromatic rings. The molecule has 0 unspecified atom stereocenters. The number of amides is 1. The molecule has 0 bridgehead atoms. The molecule has 0 radical (unpaired) electrons. The molecular weight excluding hydrogens is 412 g/mol. The Morgan fingerprint density at radius 2 is 1.66 bits per heavy atom. The number of nitro benzene ring substituents is 1. The molecule has 0 saturated carbocycles. The number of aryl methyl sites for hydroxylation is 1. The number of benzene rings is 3. The predicted molar refractivity (Wildman–Crippen MR) is 117 cm³/mol. The average Bonchev–Trinajstić information content (AvgIpc) is 3.29. The fourth-order valence-corrected chi connectivity index (χ4v) is 2.97. The van der Waals surface area contributed by atoms with E-state index < -0.39 is 10.8 Å². The molecular formula is C23H18N4O5. The lowest BCUT2D eigenvalue weighted by Crippen LogP contribution is -2.20. The summed E-state index contributed by atoms with van der Waals surface area (Å²) in [5.74, 6) is 0.366. The van der Waals surface area contributed by atoms with Crippen LogP contribution in [0.5, 0.6) is 5.75 Å². The van der Waals surface area contributed by atoms with E-state index in [1.165, 1.54) is 12.1 Å². The molecule has 0 aliphatic carbocycles. The Hall–Kier alpha value is -4.53. The first-order chi connectivity index (χ1) is 15.5. The Labute approximate surface area is 182 Å². The van der Waals surface area contributed by atoms with Crippen molar-refractivity contribution in [1.29, 1.82) is 0 Å². The molecule has 0 spiro atoms. The SMILES string of the molecule is Cc1ccc(OCC(=O)Nc2ccc(-c3nnc(-c4ccccc4)o3)cc2)c([N+](=O)[O-])c1. The van der Waals surface area contributed by atoms with Crippen LogP contribution in [0, 0.1) is 17.0 Å². The highest BCUT2D eigenvalue weighted by atomic mass is 16.6. The Bertz CT molecular complexity index is 1250. The van der Waals surface area contributed by atoms with Crippen LogP contribution in [0.4, 0.5) is 11.4 Å². The number of nitro groups is 1. The molecule has 1 amide bonds. The minimum Gasteiger partial charge on any atom is -0.477 e. The molecule has 0 aliphatic heterocycles. The standard InChI is InChI=1S/C23H18N4O5/c1-15-7-12-20(19(13-15)27(29)30)31-14-21(28)24-18-10-8-17(9-11-18)23-26-25-22(32-23)16-5-3-2-4-6-16/h2-13H,14H2,1H3,(H,24,28). The summed E-state index contributed by atoms with van der Waals surface area (Å²) in [6.07, 6.45) is 0. The van der Waals surface area contributed by atoms with Crippen LogP contribution >= 0.6 is 0 Å². The third-order valence-corrected chi connectivity index (χ3v) is 4.53. The summed E-state index contributed by atoms with van der Waals surface area (Å²) in [7, 11) is 0. The van der Waals surface area contributed by atoms with Crippen LogP contribution in [0.25, 0.3) is 22.9 Å². The Morgan fingerprint density at radius 3 is 2.31 bits per heavy atom. The van der Waals surface area contributed by atoms with Crippen molar-refractivity contribution in [2.45, 2.75) is 6.92 Å². The average molecular weight is 430 g/mol. The van der Waals surface area contributed by atoms with Crippen molar-refractivity contribution in [1.82, 2.24) is 10.2 Å². The predicted octanol–water partition coefficient (Wildman–Crippen LogP) is 4.64. The normalized spacial score (nSPS) is 10.5. The number of aromatic nitrogens is 2. The highest BCUT2D eigenvalue weighted by Gasteiger charge is 2.16. The second kappa shape index (κ2) is 9.09. The number of hydrogen-bond acceptors (Lipinski definition) is 7. The zero-order chi connectivity index (χ0) is 22.5. The number of hydrogen-bond donors (Lipinski definition) is 1. The first kappa shape index (κ1) is 20.7. The quantitative estimate of drug-likeness (QED) is 0.335. The second-order valence-electron chi connectivity index (χ2n) is 6.92. The van der Waals surface area contributed by atoms with Crippen molar-refractivity contribution in [3.05, 3.63) is 88.5 Å². The van der Waals surface area contributed by atoms with Gasteiger partial charge in [0.05, 0.1) is 4.92 Å². The van der Waals surface area contributed by atoms with Crippen LogP contribution in [-0.4, -0.2) is 27.6 Å². The number of anilines is 1. The minimum absolute atomic E-state index is 0.0386. The van der Waals surface area contributed by atoms with Gasteiger partial charge in [0, 0.05) is 22.9 Å². The van der Waals surface area contributed by atoms with Crippen molar-refractivity contribution in [2.24, 2.45) is 0 Å². The van der Waals surface area contributed by atoms with E-state index in [0.29, 0.717) is 23.0 Å². The maximum Gasteiger partial charge on any atom is 0.311 e. The van der Waals surface area contributed by atoms with Crippen LogP contribution in [0.3, 0.4) is 0 Å². The first-order valence-electron chi connectivity index (χ1n) is 9.66. The van der Waals surface area contributed by atoms with Gasteiger partial charge in [-0.05, 0) is 55.0 Å². The third kappa shape index (κ3) is 4.78. The first-order valence-corrected chi connectivity index (χ1v) is 9.66. The van der Waals surface area contributed by atoms with Crippen LogP contribution < -0.4 is 10.1 Å². The summed E-state index contributed by atoms with van der Waals surface area (Å²) < 4.78 is 11.1. The van der Waals surface area contributed by atoms with Crippen molar-refractivity contribution in [3.8, 4) is 28.7 Å². The van der Waals surface area contributed by atoms with Crippen LogP contribution in [0.1, 0.15) is 5.56 Å². The van der Waals surface area contributed by atoms with Gasteiger partial charge in [-0.1, -0.05) is 24.3 Å². The Morgan fingerprint density at radius 1 is 1.00 bits per heavy atom. The fraction of sp³-hybridized carbons (Fsp3) is 0.0870. The molecule has 0 fully saturated rings. The molecule has 0 atom stereocenters. The van der Waals surface area contributed by atoms with Crippen LogP contribution in [0.15, 0.2) is 77.2 Å². The van der Waals surface area contributed by atoms with E-state index in [1.807, 2.05) is 30.3 Å². The highest BCUT2D eigenvalue weighted by Crippen LogP contribution is 2.28. The van der Waals surface area contributed by atoms with Gasteiger partial charge in [-0.15, -0.1) is 10.2 Å². The lowest BCUT2D eigenvalue weighted by atomic mass is 10.2. The van der Waals surface area contributed by atoms with Gasteiger partial charge in [0.1, 0.15) is 0 Å². The van der Waals surface area contributed by atoms with E-state index in [1.54, 1.807) is 37.3 Å². The van der Waals surface area contributed by atoms with Crippen molar-refractivity contribution in [3.63, 3.8) is 0 Å². The summed E-state index contributed by atoms with van der Waals surface area (Å²) >= 11 is 0. The summed E-state index contributed by atoms with van der Waals surface area (Å²) in [6, 6.07) is 20.8. The van der Waals surface area contributed by atoms with E-state index in [4.69, 9.17) is 9.15 Å². The minimum atomic E-state index is -0.542. The summed E-state index contributed by atoms with van der Waals surface area (Å²) in [5, 5.41) is 22.0. The molecule has 1 heterocycles. The van der Waals surface area contributed by atoms with E-state index >= 15 is 0 Å². The van der Waals surface area contributed by atoms with Gasteiger partial charge in [-0.2, -0.15) is 0 Å². The van der Waals surface area contributed by atoms with Gasteiger partial charge in [-0.3, -0.25) is 14.9 Å².